The molecule has 4 nitrogen and oxygen atoms in total. The van der Waals surface area contributed by atoms with Gasteiger partial charge in [-0.3, -0.25) is 4.79 Å². The average Bonchev–Trinajstić information content (AvgIpc) is 2.18. The normalized spacial score (nSPS) is 20.6. The van der Waals surface area contributed by atoms with Gasteiger partial charge in [0.2, 0.25) is 5.69 Å². The van der Waals surface area contributed by atoms with Crippen LogP contribution in [-0.2, 0) is 9.53 Å². The maximum atomic E-state index is 11.3. The third-order valence-electron chi connectivity index (χ3n) is 2.07. The van der Waals surface area contributed by atoms with Gasteiger partial charge in [-0.25, -0.2) is 0 Å². The van der Waals surface area contributed by atoms with Crippen molar-refractivity contribution in [3.8, 4) is 0 Å². The Labute approximate surface area is 81.0 Å². The van der Waals surface area contributed by atoms with Gasteiger partial charge in [-0.05, 0) is 6.07 Å². The molecule has 0 spiro atoms. The fraction of sp³-hybridized carbons (Fsp3) is 0.200. The van der Waals surface area contributed by atoms with Crippen molar-refractivity contribution < 1.29 is 14.3 Å². The van der Waals surface area contributed by atoms with E-state index < -0.39 is 6.10 Å². The largest absolute Gasteiger partial charge is 0.618 e. The summed E-state index contributed by atoms with van der Waals surface area (Å²) in [4.78, 5) is 11.1. The lowest BCUT2D eigenvalue weighted by atomic mass is 10.1. The Hall–Kier alpha value is -1.84. The number of aromatic nitrogens is 1. The number of allylic oxidation sites excluding steroid dienone is 1. The monoisotopic (exact) mass is 191 g/mol. The molecular formula is C10H9NO3. The maximum absolute atomic E-state index is 11.3. The third kappa shape index (κ3) is 1.59. The van der Waals surface area contributed by atoms with E-state index in [9.17, 15) is 10.0 Å². The van der Waals surface area contributed by atoms with Crippen molar-refractivity contribution in [1.29, 1.82) is 0 Å². The first kappa shape index (κ1) is 8.74. The topological polar surface area (TPSA) is 53.2 Å². The van der Waals surface area contributed by atoms with Gasteiger partial charge in [0.15, 0.2) is 18.1 Å². The van der Waals surface area contributed by atoms with Crippen molar-refractivity contribution in [1.82, 2.24) is 0 Å². The van der Waals surface area contributed by atoms with Crippen LogP contribution in [0.5, 0.6) is 0 Å². The van der Waals surface area contributed by atoms with Crippen molar-refractivity contribution >= 4 is 5.78 Å². The van der Waals surface area contributed by atoms with Crippen molar-refractivity contribution in [2.75, 3.05) is 0 Å². The van der Waals surface area contributed by atoms with Crippen molar-refractivity contribution in [3.63, 3.8) is 0 Å². The lowest BCUT2D eigenvalue weighted by molar-refractivity contribution is -0.618. The molecule has 0 saturated heterocycles. The van der Waals surface area contributed by atoms with Crippen LogP contribution >= 0.6 is 0 Å². The van der Waals surface area contributed by atoms with Crippen LogP contribution in [0.3, 0.4) is 0 Å². The summed E-state index contributed by atoms with van der Waals surface area (Å²) in [6, 6.07) is 5.04. The summed E-state index contributed by atoms with van der Waals surface area (Å²) in [5.74, 6) is -0.0231. The second-order valence-corrected chi connectivity index (χ2v) is 3.05. The molecule has 1 aromatic rings. The highest BCUT2D eigenvalue weighted by Crippen LogP contribution is 2.21. The van der Waals surface area contributed by atoms with Gasteiger partial charge in [0.25, 0.3) is 0 Å². The Morgan fingerprint density at radius 1 is 1.50 bits per heavy atom. The average molecular weight is 191 g/mol. The number of rotatable bonds is 1. The van der Waals surface area contributed by atoms with E-state index in [2.05, 4.69) is 0 Å². The Morgan fingerprint density at radius 2 is 2.36 bits per heavy atom. The first-order chi connectivity index (χ1) is 6.77. The van der Waals surface area contributed by atoms with Crippen LogP contribution in [0.4, 0.5) is 0 Å². The molecule has 1 aromatic heterocycles. The van der Waals surface area contributed by atoms with E-state index >= 15 is 0 Å². The number of hydrogen-bond acceptors (Lipinski definition) is 3. The predicted molar refractivity (Wildman–Crippen MR) is 48.0 cm³/mol. The Morgan fingerprint density at radius 3 is 3.07 bits per heavy atom. The van der Waals surface area contributed by atoms with Crippen LogP contribution in [0.2, 0.25) is 0 Å². The highest BCUT2D eigenvalue weighted by molar-refractivity contribution is 5.90. The number of ketones is 1. The molecule has 0 unspecified atom stereocenters. The van der Waals surface area contributed by atoms with Gasteiger partial charge in [0.05, 0.1) is 12.7 Å². The summed E-state index contributed by atoms with van der Waals surface area (Å²) >= 11 is 0. The van der Waals surface area contributed by atoms with Crippen LogP contribution in [0.25, 0.3) is 0 Å². The zero-order valence-electron chi connectivity index (χ0n) is 7.42. The van der Waals surface area contributed by atoms with Crippen LogP contribution in [0.1, 0.15) is 18.2 Å². The molecule has 1 atom stereocenters. The van der Waals surface area contributed by atoms with Gasteiger partial charge < -0.3 is 9.94 Å². The van der Waals surface area contributed by atoms with E-state index in [1.807, 2.05) is 0 Å². The molecule has 4 heteroatoms. The molecule has 2 rings (SSSR count). The molecule has 0 amide bonds. The Bertz CT molecular complexity index is 387. The fourth-order valence-corrected chi connectivity index (χ4v) is 1.37. The molecule has 1 aliphatic heterocycles. The molecule has 0 aliphatic carbocycles. The molecule has 0 aromatic carbocycles. The first-order valence-electron chi connectivity index (χ1n) is 4.30. The van der Waals surface area contributed by atoms with E-state index in [0.717, 1.165) is 4.73 Å². The molecule has 0 radical (unpaired) electrons. The number of nitrogens with zero attached hydrogens (tertiary/aromatic N) is 1. The molecule has 0 fully saturated rings. The summed E-state index contributed by atoms with van der Waals surface area (Å²) in [6.07, 6.45) is 3.87. The predicted octanol–water partition coefficient (Wildman–Crippen LogP) is 0.864. The molecule has 1 aliphatic rings. The smallest absolute Gasteiger partial charge is 0.234 e. The highest BCUT2D eigenvalue weighted by Gasteiger charge is 2.24. The number of carbonyl (C=O) groups is 1. The van der Waals surface area contributed by atoms with Crippen molar-refractivity contribution in [2.24, 2.45) is 0 Å². The van der Waals surface area contributed by atoms with Gasteiger partial charge in [-0.1, -0.05) is 0 Å². The summed E-state index contributed by atoms with van der Waals surface area (Å²) in [5, 5.41) is 11.3. The fourth-order valence-electron chi connectivity index (χ4n) is 1.37. The van der Waals surface area contributed by atoms with E-state index in [1.54, 1.807) is 18.2 Å². The second kappa shape index (κ2) is 3.49. The maximum Gasteiger partial charge on any atom is 0.234 e. The lowest BCUT2D eigenvalue weighted by Gasteiger charge is -2.17. The lowest BCUT2D eigenvalue weighted by Crippen LogP contribution is -2.34. The third-order valence-corrected chi connectivity index (χ3v) is 2.07. The summed E-state index contributed by atoms with van der Waals surface area (Å²) < 4.78 is 5.91. The minimum Gasteiger partial charge on any atom is -0.618 e. The molecule has 0 saturated carbocycles. The van der Waals surface area contributed by atoms with E-state index in [4.69, 9.17) is 4.74 Å². The van der Waals surface area contributed by atoms with Gasteiger partial charge in [-0.15, -0.1) is 0 Å². The molecule has 0 N–H and O–H groups in total. The minimum atomic E-state index is -0.453. The molecule has 72 valence electrons. The number of hydrogen-bond donors (Lipinski definition) is 0. The number of carbonyl (C=O) groups excluding carboxylic acids is 1. The van der Waals surface area contributed by atoms with Crippen molar-refractivity contribution in [3.05, 3.63) is 47.6 Å². The SMILES string of the molecule is O=C1C=CO[C@H](c2cccc[n+]2[O-])C1. The second-order valence-electron chi connectivity index (χ2n) is 3.05. The minimum absolute atomic E-state index is 0.0231. The quantitative estimate of drug-likeness (QED) is 0.488. The molecule has 0 bridgehead atoms. The highest BCUT2D eigenvalue weighted by atomic mass is 16.5. The molecule has 14 heavy (non-hydrogen) atoms. The van der Waals surface area contributed by atoms with Crippen molar-refractivity contribution in [2.45, 2.75) is 12.5 Å². The summed E-state index contributed by atoms with van der Waals surface area (Å²) in [6.45, 7) is 0. The standard InChI is InChI=1S/C10H9NO3/c12-8-4-6-14-10(7-8)9-3-1-2-5-11(9)13/h1-6,10H,7H2/t10-/m0/s1. The zero-order valence-corrected chi connectivity index (χ0v) is 7.42. The van der Waals surface area contributed by atoms with Crippen LogP contribution in [-0.4, -0.2) is 5.78 Å². The number of pyridine rings is 1. The van der Waals surface area contributed by atoms with E-state index in [-0.39, 0.29) is 12.2 Å². The zero-order chi connectivity index (χ0) is 9.97. The first-order valence-corrected chi connectivity index (χ1v) is 4.30. The van der Waals surface area contributed by atoms with Crippen LogP contribution < -0.4 is 4.73 Å². The molecular weight excluding hydrogens is 182 g/mol. The van der Waals surface area contributed by atoms with Gasteiger partial charge in [-0.2, -0.15) is 4.73 Å². The Balaban J connectivity index is 2.28. The van der Waals surface area contributed by atoms with Crippen LogP contribution in [0, 0.1) is 5.21 Å². The van der Waals surface area contributed by atoms with Gasteiger partial charge in [0, 0.05) is 18.2 Å². The van der Waals surface area contributed by atoms with Crippen LogP contribution in [0.15, 0.2) is 36.7 Å². The summed E-state index contributed by atoms with van der Waals surface area (Å²) in [5.41, 5.74) is 0.463. The van der Waals surface area contributed by atoms with Gasteiger partial charge >= 0.3 is 0 Å². The summed E-state index contributed by atoms with van der Waals surface area (Å²) in [7, 11) is 0. The van der Waals surface area contributed by atoms with Gasteiger partial charge in [0.1, 0.15) is 0 Å². The Kier molecular flexibility index (Phi) is 2.18. The molecule has 2 heterocycles. The van der Waals surface area contributed by atoms with E-state index in [0.29, 0.717) is 5.69 Å². The van der Waals surface area contributed by atoms with E-state index in [1.165, 1.54) is 18.5 Å². The number of ether oxygens (including phenoxy) is 1.